The second-order valence-corrected chi connectivity index (χ2v) is 9.29. The first-order valence-electron chi connectivity index (χ1n) is 11.3. The molecule has 2 unspecified atom stereocenters. The number of benzene rings is 1. The van der Waals surface area contributed by atoms with Gasteiger partial charge in [0.15, 0.2) is 0 Å². The molecule has 10 heteroatoms. The highest BCUT2D eigenvalue weighted by Gasteiger charge is 2.45. The molecule has 5 nitrogen and oxygen atoms in total. The van der Waals surface area contributed by atoms with Crippen molar-refractivity contribution in [1.29, 1.82) is 5.26 Å². The van der Waals surface area contributed by atoms with E-state index >= 15 is 0 Å². The average molecular weight is 480 g/mol. The fourth-order valence-corrected chi connectivity index (χ4v) is 5.01. The lowest BCUT2D eigenvalue weighted by Gasteiger charge is -2.40. The van der Waals surface area contributed by atoms with Crippen LogP contribution < -0.4 is 10.2 Å². The third kappa shape index (κ3) is 5.40. The zero-order valence-electron chi connectivity index (χ0n) is 18.4. The van der Waals surface area contributed by atoms with E-state index in [2.05, 4.69) is 10.3 Å². The van der Waals surface area contributed by atoms with Gasteiger partial charge in [-0.15, -0.1) is 0 Å². The van der Waals surface area contributed by atoms with Crippen molar-refractivity contribution in [3.8, 4) is 6.07 Å². The van der Waals surface area contributed by atoms with Crippen LogP contribution in [-0.2, 0) is 4.79 Å². The lowest BCUT2D eigenvalue weighted by Crippen LogP contribution is -2.54. The van der Waals surface area contributed by atoms with Crippen molar-refractivity contribution < 1.29 is 26.7 Å². The molecule has 2 aliphatic rings. The maximum Gasteiger partial charge on any atom is 0.393 e. The molecule has 182 valence electrons. The highest BCUT2D eigenvalue weighted by atomic mass is 19.4. The molecule has 0 radical (unpaired) electrons. The summed E-state index contributed by atoms with van der Waals surface area (Å²) >= 11 is 0. The van der Waals surface area contributed by atoms with Gasteiger partial charge < -0.3 is 10.2 Å². The van der Waals surface area contributed by atoms with Gasteiger partial charge in [0.1, 0.15) is 6.07 Å². The van der Waals surface area contributed by atoms with Crippen molar-refractivity contribution in [2.24, 2.45) is 11.8 Å². The number of aromatic nitrogens is 1. The Bertz CT molecular complexity index is 1090. The molecule has 1 aliphatic carbocycles. The van der Waals surface area contributed by atoms with Crippen molar-refractivity contribution in [2.75, 3.05) is 18.0 Å². The van der Waals surface area contributed by atoms with Gasteiger partial charge in [0.25, 0.3) is 0 Å². The minimum Gasteiger partial charge on any atom is -0.368 e. The van der Waals surface area contributed by atoms with E-state index in [0.29, 0.717) is 22.2 Å². The number of pyridine rings is 1. The Hall–Kier alpha value is -2.96. The number of carbonyl (C=O) groups is 1. The molecular weight excluding hydrogens is 455 g/mol. The van der Waals surface area contributed by atoms with Gasteiger partial charge in [-0.1, -0.05) is 0 Å². The molecule has 1 aromatic heterocycles. The number of nitriles is 1. The van der Waals surface area contributed by atoms with Crippen molar-refractivity contribution in [1.82, 2.24) is 10.3 Å². The van der Waals surface area contributed by atoms with Crippen molar-refractivity contribution in [3.63, 3.8) is 0 Å². The standard InChI is InChI=1S/C24H25F5N4O/c25-23(26)7-5-15(6-8-23)10-21(34)32-18-11-17(24(27,28)29)13-33(14-18)20-4-3-16(12-30)22-19(20)2-1-9-31-22/h1-4,9,15,17-18H,5-8,10-11,13-14H2,(H,32,34). The Labute approximate surface area is 193 Å². The largest absolute Gasteiger partial charge is 0.393 e. The second kappa shape index (κ2) is 9.35. The lowest BCUT2D eigenvalue weighted by molar-refractivity contribution is -0.178. The Kier molecular flexibility index (Phi) is 6.65. The molecule has 2 fully saturated rings. The van der Waals surface area contributed by atoms with Crippen molar-refractivity contribution in [3.05, 3.63) is 36.0 Å². The summed E-state index contributed by atoms with van der Waals surface area (Å²) in [6.07, 6.45) is -3.22. The summed E-state index contributed by atoms with van der Waals surface area (Å²) in [6, 6.07) is 7.81. The molecule has 0 spiro atoms. The summed E-state index contributed by atoms with van der Waals surface area (Å²) < 4.78 is 68.0. The van der Waals surface area contributed by atoms with Crippen molar-refractivity contribution >= 4 is 22.5 Å². The number of carbonyl (C=O) groups excluding carboxylic acids is 1. The maximum absolute atomic E-state index is 13.8. The number of halogens is 5. The number of rotatable bonds is 4. The molecule has 1 saturated carbocycles. The third-order valence-corrected chi connectivity index (χ3v) is 6.80. The summed E-state index contributed by atoms with van der Waals surface area (Å²) in [5, 5.41) is 12.6. The normalized spacial score (nSPS) is 23.5. The molecule has 1 aromatic carbocycles. The van der Waals surface area contributed by atoms with Crippen LogP contribution in [0.2, 0.25) is 0 Å². The summed E-state index contributed by atoms with van der Waals surface area (Å²) in [5.74, 6) is -4.95. The van der Waals surface area contributed by atoms with E-state index in [4.69, 9.17) is 0 Å². The van der Waals surface area contributed by atoms with Gasteiger partial charge in [-0.05, 0) is 49.4 Å². The minimum absolute atomic E-state index is 0.0347. The Morgan fingerprint density at radius 1 is 1.21 bits per heavy atom. The zero-order chi connectivity index (χ0) is 24.5. The Morgan fingerprint density at radius 3 is 2.62 bits per heavy atom. The fourth-order valence-electron chi connectivity index (χ4n) is 5.01. The number of anilines is 1. The maximum atomic E-state index is 13.8. The summed E-state index contributed by atoms with van der Waals surface area (Å²) in [6.45, 7) is -0.111. The van der Waals surface area contributed by atoms with Crippen molar-refractivity contribution in [2.45, 2.75) is 56.7 Å². The Morgan fingerprint density at radius 2 is 1.94 bits per heavy atom. The predicted molar refractivity (Wildman–Crippen MR) is 116 cm³/mol. The van der Waals surface area contributed by atoms with E-state index in [1.165, 1.54) is 12.3 Å². The van der Waals surface area contributed by atoms with Crippen LogP contribution in [0.1, 0.15) is 44.1 Å². The van der Waals surface area contributed by atoms with Gasteiger partial charge in [0.05, 0.1) is 17.0 Å². The SMILES string of the molecule is N#Cc1ccc(N2CC(NC(=O)CC3CCC(F)(F)CC3)CC(C(F)(F)F)C2)c2cccnc12. The van der Waals surface area contributed by atoms with Gasteiger partial charge in [-0.3, -0.25) is 9.78 Å². The van der Waals surface area contributed by atoms with Gasteiger partial charge in [0.2, 0.25) is 11.8 Å². The van der Waals surface area contributed by atoms with E-state index in [9.17, 15) is 32.0 Å². The second-order valence-electron chi connectivity index (χ2n) is 9.29. The van der Waals surface area contributed by atoms with Crippen LogP contribution in [0.5, 0.6) is 0 Å². The van der Waals surface area contributed by atoms with Gasteiger partial charge in [-0.2, -0.15) is 18.4 Å². The molecule has 0 bridgehead atoms. The molecule has 4 rings (SSSR count). The van der Waals surface area contributed by atoms with Crippen LogP contribution >= 0.6 is 0 Å². The number of nitrogens with zero attached hydrogens (tertiary/aromatic N) is 3. The number of piperidine rings is 1. The molecule has 2 heterocycles. The predicted octanol–water partition coefficient (Wildman–Crippen LogP) is 5.20. The first-order chi connectivity index (χ1) is 16.1. The fraction of sp³-hybridized carbons (Fsp3) is 0.542. The number of nitrogens with one attached hydrogen (secondary N) is 1. The van der Waals surface area contributed by atoms with Crippen LogP contribution in [-0.4, -0.2) is 42.1 Å². The molecule has 2 aromatic rings. The summed E-state index contributed by atoms with van der Waals surface area (Å²) in [4.78, 5) is 18.4. The average Bonchev–Trinajstić information content (AvgIpc) is 2.79. The van der Waals surface area contributed by atoms with Crippen LogP contribution in [0.3, 0.4) is 0 Å². The minimum atomic E-state index is -4.45. The van der Waals surface area contributed by atoms with E-state index in [-0.39, 0.29) is 57.5 Å². The lowest BCUT2D eigenvalue weighted by atomic mass is 9.84. The zero-order valence-corrected chi connectivity index (χ0v) is 18.4. The first-order valence-corrected chi connectivity index (χ1v) is 11.3. The molecule has 34 heavy (non-hydrogen) atoms. The third-order valence-electron chi connectivity index (χ3n) is 6.80. The first kappa shape index (κ1) is 24.2. The molecular formula is C24H25F5N4O. The number of hydrogen-bond donors (Lipinski definition) is 1. The van der Waals surface area contributed by atoms with Crippen LogP contribution in [0, 0.1) is 23.2 Å². The highest BCUT2D eigenvalue weighted by Crippen LogP contribution is 2.39. The number of hydrogen-bond acceptors (Lipinski definition) is 4. The van der Waals surface area contributed by atoms with Gasteiger partial charge in [0, 0.05) is 55.7 Å². The van der Waals surface area contributed by atoms with Crippen LogP contribution in [0.25, 0.3) is 10.9 Å². The Balaban J connectivity index is 1.52. The quantitative estimate of drug-likeness (QED) is 0.611. The highest BCUT2D eigenvalue weighted by molar-refractivity contribution is 5.95. The van der Waals surface area contributed by atoms with Gasteiger partial charge >= 0.3 is 6.18 Å². The number of amides is 1. The molecule has 1 saturated heterocycles. The molecule has 2 atom stereocenters. The smallest absolute Gasteiger partial charge is 0.368 e. The topological polar surface area (TPSA) is 69.0 Å². The van der Waals surface area contributed by atoms with E-state index in [0.717, 1.165) is 0 Å². The van der Waals surface area contributed by atoms with Gasteiger partial charge in [-0.25, -0.2) is 8.78 Å². The number of fused-ring (bicyclic) bond motifs is 1. The van der Waals surface area contributed by atoms with E-state index in [1.807, 2.05) is 6.07 Å². The molecule has 1 N–H and O–H groups in total. The summed E-state index contributed by atoms with van der Waals surface area (Å²) in [5.41, 5.74) is 1.25. The van der Waals surface area contributed by atoms with Crippen LogP contribution in [0.15, 0.2) is 30.5 Å². The number of alkyl halides is 5. The van der Waals surface area contributed by atoms with Crippen LogP contribution in [0.4, 0.5) is 27.6 Å². The molecule has 1 aliphatic heterocycles. The van der Waals surface area contributed by atoms with E-state index in [1.54, 1.807) is 23.1 Å². The van der Waals surface area contributed by atoms with E-state index < -0.39 is 30.0 Å². The monoisotopic (exact) mass is 480 g/mol. The summed E-state index contributed by atoms with van der Waals surface area (Å²) in [7, 11) is 0. The molecule has 1 amide bonds.